The zero-order valence-corrected chi connectivity index (χ0v) is 19.5. The third-order valence-electron chi connectivity index (χ3n) is 6.25. The Morgan fingerprint density at radius 3 is 0.583 bits per heavy atom. The molecule has 0 bridgehead atoms. The molecule has 0 saturated carbocycles. The normalized spacial score (nSPS) is 10.8. The summed E-state index contributed by atoms with van der Waals surface area (Å²) in [6.07, 6.45) is 14.7. The fraction of sp³-hybridized carbons (Fsp3) is 0. The summed E-state index contributed by atoms with van der Waals surface area (Å²) in [5, 5.41) is 0. The van der Waals surface area contributed by atoms with E-state index in [9.17, 15) is 0 Å². The van der Waals surface area contributed by atoms with Gasteiger partial charge in [-0.1, -0.05) is 0 Å². The molecule has 0 aliphatic rings. The maximum absolute atomic E-state index is 4.20. The van der Waals surface area contributed by atoms with Crippen LogP contribution in [0.4, 0.5) is 0 Å². The molecule has 0 radical (unpaired) electrons. The van der Waals surface area contributed by atoms with Crippen molar-refractivity contribution in [3.05, 3.63) is 135 Å². The van der Waals surface area contributed by atoms with E-state index in [0.29, 0.717) is 0 Å². The average molecular weight is 463 g/mol. The Labute approximate surface area is 210 Å². The summed E-state index contributed by atoms with van der Waals surface area (Å²) in [7, 11) is 0. The highest BCUT2D eigenvalue weighted by atomic mass is 14.6. The first-order valence-electron chi connectivity index (χ1n) is 11.8. The van der Waals surface area contributed by atoms with Gasteiger partial charge in [-0.3, -0.25) is 19.9 Å². The highest BCUT2D eigenvalue weighted by Gasteiger charge is 2.11. The van der Waals surface area contributed by atoms with Gasteiger partial charge in [0.1, 0.15) is 0 Å². The summed E-state index contributed by atoms with van der Waals surface area (Å²) in [4.78, 5) is 16.8. The predicted octanol–water partition coefficient (Wildman–Crippen LogP) is 7.60. The van der Waals surface area contributed by atoms with E-state index in [1.165, 1.54) is 0 Å². The van der Waals surface area contributed by atoms with Crippen molar-refractivity contribution in [1.29, 1.82) is 0 Å². The largest absolute Gasteiger partial charge is 0.265 e. The molecule has 0 aliphatic carbocycles. The summed E-state index contributed by atoms with van der Waals surface area (Å²) >= 11 is 0. The molecule has 0 spiro atoms. The van der Waals surface area contributed by atoms with Crippen LogP contribution in [0.1, 0.15) is 0 Å². The molecular weight excluding hydrogens is 440 g/mol. The van der Waals surface area contributed by atoms with Gasteiger partial charge in [0.2, 0.25) is 0 Å². The molecule has 6 aromatic rings. The van der Waals surface area contributed by atoms with Crippen LogP contribution in [0.3, 0.4) is 0 Å². The average Bonchev–Trinajstić information content (AvgIpc) is 2.98. The van der Waals surface area contributed by atoms with Crippen molar-refractivity contribution >= 4 is 0 Å². The Balaban J connectivity index is 1.58. The van der Waals surface area contributed by atoms with Crippen molar-refractivity contribution in [2.24, 2.45) is 0 Å². The van der Waals surface area contributed by atoms with E-state index in [4.69, 9.17) is 0 Å². The lowest BCUT2D eigenvalue weighted by Gasteiger charge is -2.14. The quantitative estimate of drug-likeness (QED) is 0.265. The van der Waals surface area contributed by atoms with Gasteiger partial charge in [0, 0.05) is 49.6 Å². The minimum atomic E-state index is 1.13. The van der Waals surface area contributed by atoms with Crippen LogP contribution in [0.2, 0.25) is 0 Å². The first kappa shape index (κ1) is 21.6. The molecular formula is C32H22N4. The Morgan fingerprint density at radius 2 is 0.389 bits per heavy atom. The van der Waals surface area contributed by atoms with Gasteiger partial charge in [-0.2, -0.15) is 0 Å². The molecule has 4 nitrogen and oxygen atoms in total. The van der Waals surface area contributed by atoms with Gasteiger partial charge in [-0.05, 0) is 141 Å². The van der Waals surface area contributed by atoms with Crippen LogP contribution in [0.5, 0.6) is 0 Å². The maximum atomic E-state index is 4.20. The van der Waals surface area contributed by atoms with Gasteiger partial charge in [-0.15, -0.1) is 0 Å². The van der Waals surface area contributed by atoms with Crippen molar-refractivity contribution in [2.75, 3.05) is 0 Å². The van der Waals surface area contributed by atoms with E-state index in [1.807, 2.05) is 98.1 Å². The predicted molar refractivity (Wildman–Crippen MR) is 145 cm³/mol. The standard InChI is InChI=1S/C32H22N4/c1-9-33-10-2-23(1)27-17-28(24-3-11-34-12-4-24)20-31(19-27)32-21-29(25-5-13-35-14-6-25)18-30(22-32)26-7-15-36-16-8-26/h1-22H. The SMILES string of the molecule is c1cc(-c2cc(-c3ccncc3)cc(-c3cc(-c4ccncc4)cc(-c4ccncc4)c3)c2)ccn1. The first-order chi connectivity index (χ1) is 17.8. The number of benzene rings is 2. The summed E-state index contributed by atoms with van der Waals surface area (Å²) in [6, 6.07) is 29.8. The monoisotopic (exact) mass is 462 g/mol. The maximum Gasteiger partial charge on any atom is 0.0273 e. The molecule has 0 atom stereocenters. The van der Waals surface area contributed by atoms with Gasteiger partial charge in [-0.25, -0.2) is 0 Å². The molecule has 4 heterocycles. The molecule has 0 unspecified atom stereocenters. The smallest absolute Gasteiger partial charge is 0.0273 e. The second-order valence-corrected chi connectivity index (χ2v) is 8.54. The lowest BCUT2D eigenvalue weighted by atomic mass is 9.90. The van der Waals surface area contributed by atoms with Crippen LogP contribution >= 0.6 is 0 Å². The molecule has 0 aliphatic heterocycles. The molecule has 0 amide bonds. The Hall–Kier alpha value is -4.96. The molecule has 170 valence electrons. The molecule has 4 heteroatoms. The van der Waals surface area contributed by atoms with Gasteiger partial charge in [0.25, 0.3) is 0 Å². The Morgan fingerprint density at radius 1 is 0.222 bits per heavy atom. The fourth-order valence-corrected chi connectivity index (χ4v) is 4.43. The van der Waals surface area contributed by atoms with Crippen LogP contribution in [-0.4, -0.2) is 19.9 Å². The summed E-state index contributed by atoms with van der Waals surface area (Å²) in [5.74, 6) is 0. The van der Waals surface area contributed by atoms with E-state index in [0.717, 1.165) is 55.6 Å². The minimum Gasteiger partial charge on any atom is -0.265 e. The molecule has 0 saturated heterocycles. The summed E-state index contributed by atoms with van der Waals surface area (Å²) in [6.45, 7) is 0. The van der Waals surface area contributed by atoms with Gasteiger partial charge < -0.3 is 0 Å². The van der Waals surface area contributed by atoms with E-state index in [-0.39, 0.29) is 0 Å². The van der Waals surface area contributed by atoms with Gasteiger partial charge >= 0.3 is 0 Å². The lowest BCUT2D eigenvalue weighted by molar-refractivity contribution is 1.32. The zero-order valence-electron chi connectivity index (χ0n) is 19.5. The van der Waals surface area contributed by atoms with Crippen molar-refractivity contribution < 1.29 is 0 Å². The Bertz CT molecular complexity index is 1360. The summed E-state index contributed by atoms with van der Waals surface area (Å²) in [5.41, 5.74) is 11.3. The second kappa shape index (κ2) is 9.72. The summed E-state index contributed by atoms with van der Waals surface area (Å²) < 4.78 is 0. The van der Waals surface area contributed by atoms with Crippen LogP contribution in [0.25, 0.3) is 55.6 Å². The fourth-order valence-electron chi connectivity index (χ4n) is 4.43. The third kappa shape index (κ3) is 4.52. The van der Waals surface area contributed by atoms with Crippen molar-refractivity contribution in [2.45, 2.75) is 0 Å². The zero-order chi connectivity index (χ0) is 24.2. The van der Waals surface area contributed by atoms with Crippen LogP contribution < -0.4 is 0 Å². The number of nitrogens with zero attached hydrogens (tertiary/aromatic N) is 4. The van der Waals surface area contributed by atoms with Crippen LogP contribution in [-0.2, 0) is 0 Å². The Kier molecular flexibility index (Phi) is 5.83. The number of rotatable bonds is 5. The van der Waals surface area contributed by atoms with E-state index < -0.39 is 0 Å². The van der Waals surface area contributed by atoms with Gasteiger partial charge in [0.05, 0.1) is 0 Å². The number of pyridine rings is 4. The van der Waals surface area contributed by atoms with Gasteiger partial charge in [0.15, 0.2) is 0 Å². The molecule has 0 fully saturated rings. The molecule has 0 N–H and O–H groups in total. The van der Waals surface area contributed by atoms with E-state index in [1.54, 1.807) is 0 Å². The number of hydrogen-bond donors (Lipinski definition) is 0. The van der Waals surface area contributed by atoms with Crippen molar-refractivity contribution in [3.8, 4) is 55.6 Å². The number of hydrogen-bond acceptors (Lipinski definition) is 4. The first-order valence-corrected chi connectivity index (χ1v) is 11.8. The van der Waals surface area contributed by atoms with Crippen molar-refractivity contribution in [3.63, 3.8) is 0 Å². The van der Waals surface area contributed by atoms with Crippen molar-refractivity contribution in [1.82, 2.24) is 19.9 Å². The molecule has 6 rings (SSSR count). The van der Waals surface area contributed by atoms with E-state index in [2.05, 4.69) is 56.3 Å². The molecule has 4 aromatic heterocycles. The molecule has 36 heavy (non-hydrogen) atoms. The topological polar surface area (TPSA) is 51.6 Å². The number of aromatic nitrogens is 4. The second-order valence-electron chi connectivity index (χ2n) is 8.54. The third-order valence-corrected chi connectivity index (χ3v) is 6.25. The lowest BCUT2D eigenvalue weighted by Crippen LogP contribution is -1.89. The van der Waals surface area contributed by atoms with Crippen LogP contribution in [0, 0.1) is 0 Å². The van der Waals surface area contributed by atoms with Crippen LogP contribution in [0.15, 0.2) is 135 Å². The highest BCUT2D eigenvalue weighted by Crippen LogP contribution is 2.36. The minimum absolute atomic E-state index is 1.13. The van der Waals surface area contributed by atoms with E-state index >= 15 is 0 Å². The highest BCUT2D eigenvalue weighted by molar-refractivity contribution is 5.85. The molecule has 2 aromatic carbocycles.